The highest BCUT2D eigenvalue weighted by Gasteiger charge is 2.33. The Morgan fingerprint density at radius 2 is 2.06 bits per heavy atom. The lowest BCUT2D eigenvalue weighted by atomic mass is 10.3. The normalized spacial score (nSPS) is 13.5. The maximum atomic E-state index is 12.4. The highest BCUT2D eigenvalue weighted by atomic mass is 19.4. The lowest BCUT2D eigenvalue weighted by molar-refractivity contribution is -0.141. The third-order valence-electron chi connectivity index (χ3n) is 1.86. The summed E-state index contributed by atoms with van der Waals surface area (Å²) in [5.74, 6) is -0.0712. The molecule has 1 heterocycles. The molecule has 0 aromatic carbocycles. The van der Waals surface area contributed by atoms with Crippen molar-refractivity contribution in [1.82, 2.24) is 9.97 Å². The van der Waals surface area contributed by atoms with Crippen LogP contribution in [0.25, 0.3) is 0 Å². The lowest BCUT2D eigenvalue weighted by Gasteiger charge is -2.12. The van der Waals surface area contributed by atoms with Gasteiger partial charge in [0.05, 0.1) is 12.7 Å². The van der Waals surface area contributed by atoms with Crippen LogP contribution in [0.3, 0.4) is 0 Å². The molecule has 0 unspecified atom stereocenters. The van der Waals surface area contributed by atoms with E-state index >= 15 is 0 Å². The Balaban J connectivity index is 2.83. The Labute approximate surface area is 95.3 Å². The molecular weight excluding hydrogens is 239 g/mol. The monoisotopic (exact) mass is 251 g/mol. The van der Waals surface area contributed by atoms with E-state index in [-0.39, 0.29) is 18.2 Å². The molecule has 8 heteroatoms. The van der Waals surface area contributed by atoms with Crippen molar-refractivity contribution >= 4 is 5.82 Å². The molecule has 3 N–H and O–H groups in total. The van der Waals surface area contributed by atoms with E-state index in [1.165, 1.54) is 6.92 Å². The first-order valence-electron chi connectivity index (χ1n) is 4.78. The van der Waals surface area contributed by atoms with Crippen LogP contribution in [0.4, 0.5) is 19.0 Å². The summed E-state index contributed by atoms with van der Waals surface area (Å²) >= 11 is 0. The molecule has 1 rings (SSSR count). The largest absolute Gasteiger partial charge is 0.433 e. The third kappa shape index (κ3) is 4.16. The van der Waals surface area contributed by atoms with Crippen molar-refractivity contribution in [3.05, 3.63) is 17.6 Å². The molecule has 5 nitrogen and oxygen atoms in total. The Bertz CT molecular complexity index is 384. The van der Waals surface area contributed by atoms with E-state index in [1.54, 1.807) is 0 Å². The number of hydrogen-bond donors (Lipinski definition) is 3. The van der Waals surface area contributed by atoms with E-state index in [9.17, 15) is 13.2 Å². The van der Waals surface area contributed by atoms with Gasteiger partial charge < -0.3 is 15.5 Å². The highest BCUT2D eigenvalue weighted by Crippen LogP contribution is 2.28. The lowest BCUT2D eigenvalue weighted by Crippen LogP contribution is -2.24. The van der Waals surface area contributed by atoms with E-state index in [0.717, 1.165) is 6.07 Å². The van der Waals surface area contributed by atoms with Crippen molar-refractivity contribution in [2.24, 2.45) is 0 Å². The summed E-state index contributed by atoms with van der Waals surface area (Å²) in [5.41, 5.74) is -1.05. The second-order valence-corrected chi connectivity index (χ2v) is 3.40. The predicted octanol–water partition coefficient (Wildman–Crippen LogP) is 0.569. The standard InChI is InChI=1S/C9H12F3N3O2/c1-5-14-7(9(10,11)12)2-8(15-5)13-3-6(17)4-16/h2,6,16-17H,3-4H2,1H3,(H,13,14,15)/t6-/m1/s1. The number of halogens is 3. The summed E-state index contributed by atoms with van der Waals surface area (Å²) in [6, 6.07) is 0.747. The van der Waals surface area contributed by atoms with E-state index in [0.29, 0.717) is 0 Å². The zero-order valence-electron chi connectivity index (χ0n) is 8.99. The van der Waals surface area contributed by atoms with E-state index < -0.39 is 24.6 Å². The number of nitrogens with zero attached hydrogens (tertiary/aromatic N) is 2. The smallest absolute Gasteiger partial charge is 0.394 e. The molecule has 1 aromatic rings. The molecule has 0 fully saturated rings. The summed E-state index contributed by atoms with van der Waals surface area (Å²) in [6.45, 7) is 0.760. The molecule has 0 saturated heterocycles. The molecule has 1 aromatic heterocycles. The molecule has 1 atom stereocenters. The molecule has 17 heavy (non-hydrogen) atoms. The summed E-state index contributed by atoms with van der Waals surface area (Å²) in [6.07, 6.45) is -5.60. The second kappa shape index (κ2) is 5.28. The van der Waals surface area contributed by atoms with Gasteiger partial charge in [0.1, 0.15) is 17.3 Å². The number of nitrogens with one attached hydrogen (secondary N) is 1. The van der Waals surface area contributed by atoms with Crippen LogP contribution in [0.15, 0.2) is 6.07 Å². The topological polar surface area (TPSA) is 78.3 Å². The van der Waals surface area contributed by atoms with Crippen LogP contribution in [0.5, 0.6) is 0 Å². The van der Waals surface area contributed by atoms with Crippen molar-refractivity contribution in [3.8, 4) is 0 Å². The molecule has 0 spiro atoms. The quantitative estimate of drug-likeness (QED) is 0.729. The van der Waals surface area contributed by atoms with Crippen LogP contribution in [-0.2, 0) is 6.18 Å². The van der Waals surface area contributed by atoms with Gasteiger partial charge in [0.25, 0.3) is 0 Å². The zero-order valence-corrected chi connectivity index (χ0v) is 8.99. The molecule has 0 bridgehead atoms. The maximum absolute atomic E-state index is 12.4. The van der Waals surface area contributed by atoms with Gasteiger partial charge in [0, 0.05) is 12.6 Å². The van der Waals surface area contributed by atoms with Crippen molar-refractivity contribution < 1.29 is 23.4 Å². The van der Waals surface area contributed by atoms with Gasteiger partial charge in [-0.05, 0) is 6.92 Å². The van der Waals surface area contributed by atoms with Gasteiger partial charge in [-0.1, -0.05) is 0 Å². The maximum Gasteiger partial charge on any atom is 0.433 e. The minimum absolute atomic E-state index is 0.0270. The fourth-order valence-electron chi connectivity index (χ4n) is 1.09. The molecule has 0 radical (unpaired) electrons. The first-order chi connectivity index (χ1) is 7.82. The van der Waals surface area contributed by atoms with Crippen LogP contribution in [-0.4, -0.2) is 39.4 Å². The Hall–Kier alpha value is -1.41. The van der Waals surface area contributed by atoms with Gasteiger partial charge >= 0.3 is 6.18 Å². The minimum Gasteiger partial charge on any atom is -0.394 e. The molecular formula is C9H12F3N3O2. The Morgan fingerprint density at radius 3 is 2.59 bits per heavy atom. The molecule has 0 amide bonds. The van der Waals surface area contributed by atoms with Gasteiger partial charge in [-0.25, -0.2) is 9.97 Å². The number of rotatable bonds is 4. The number of aliphatic hydroxyl groups is 2. The van der Waals surface area contributed by atoms with Crippen LogP contribution in [0.2, 0.25) is 0 Å². The molecule has 0 aliphatic carbocycles. The van der Waals surface area contributed by atoms with Crippen LogP contribution >= 0.6 is 0 Å². The second-order valence-electron chi connectivity index (χ2n) is 3.40. The average Bonchev–Trinajstić information content (AvgIpc) is 2.24. The fourth-order valence-corrected chi connectivity index (χ4v) is 1.09. The fraction of sp³-hybridized carbons (Fsp3) is 0.556. The van der Waals surface area contributed by atoms with Crippen molar-refractivity contribution in [2.75, 3.05) is 18.5 Å². The Kier molecular flexibility index (Phi) is 4.24. The summed E-state index contributed by atoms with van der Waals surface area (Å²) in [4.78, 5) is 7.00. The number of hydrogen-bond acceptors (Lipinski definition) is 5. The molecule has 0 saturated carbocycles. The SMILES string of the molecule is Cc1nc(NC[C@@H](O)CO)cc(C(F)(F)F)n1. The first kappa shape index (κ1) is 13.7. The molecule has 96 valence electrons. The van der Waals surface area contributed by atoms with Crippen LogP contribution < -0.4 is 5.32 Å². The number of alkyl halides is 3. The van der Waals surface area contributed by atoms with Gasteiger partial charge in [-0.15, -0.1) is 0 Å². The third-order valence-corrected chi connectivity index (χ3v) is 1.86. The van der Waals surface area contributed by atoms with Gasteiger partial charge in [0.2, 0.25) is 0 Å². The van der Waals surface area contributed by atoms with Crippen molar-refractivity contribution in [1.29, 1.82) is 0 Å². The number of aryl methyl sites for hydroxylation is 1. The van der Waals surface area contributed by atoms with Crippen LogP contribution in [0.1, 0.15) is 11.5 Å². The average molecular weight is 251 g/mol. The number of aliphatic hydroxyl groups excluding tert-OH is 2. The van der Waals surface area contributed by atoms with E-state index in [2.05, 4.69) is 15.3 Å². The predicted molar refractivity (Wildman–Crippen MR) is 53.4 cm³/mol. The van der Waals surface area contributed by atoms with Crippen LogP contribution in [0, 0.1) is 6.92 Å². The Morgan fingerprint density at radius 1 is 1.41 bits per heavy atom. The van der Waals surface area contributed by atoms with Gasteiger partial charge in [-0.3, -0.25) is 0 Å². The number of anilines is 1. The minimum atomic E-state index is -4.54. The highest BCUT2D eigenvalue weighted by molar-refractivity contribution is 5.36. The van der Waals surface area contributed by atoms with Crippen molar-refractivity contribution in [3.63, 3.8) is 0 Å². The van der Waals surface area contributed by atoms with Gasteiger partial charge in [0.15, 0.2) is 0 Å². The summed E-state index contributed by atoms with van der Waals surface area (Å²) in [7, 11) is 0. The summed E-state index contributed by atoms with van der Waals surface area (Å²) < 4.78 is 37.2. The first-order valence-corrected chi connectivity index (χ1v) is 4.78. The van der Waals surface area contributed by atoms with E-state index in [1.807, 2.05) is 0 Å². The number of aromatic nitrogens is 2. The molecule has 0 aliphatic rings. The van der Waals surface area contributed by atoms with Gasteiger partial charge in [-0.2, -0.15) is 13.2 Å². The molecule has 0 aliphatic heterocycles. The summed E-state index contributed by atoms with van der Waals surface area (Å²) in [5, 5.41) is 20.1. The zero-order chi connectivity index (χ0) is 13.1. The van der Waals surface area contributed by atoms with Crippen molar-refractivity contribution in [2.45, 2.75) is 19.2 Å². The van der Waals surface area contributed by atoms with E-state index in [4.69, 9.17) is 10.2 Å².